The molecule has 0 spiro atoms. The van der Waals surface area contributed by atoms with E-state index < -0.39 is 0 Å². The Morgan fingerprint density at radius 1 is 0.857 bits per heavy atom. The normalized spacial score (nSPS) is 21.3. The van der Waals surface area contributed by atoms with Crippen molar-refractivity contribution < 1.29 is 0 Å². The molecule has 1 aromatic heterocycles. The number of nitrogens with zero attached hydrogens (tertiary/aromatic N) is 4. The first-order valence-corrected chi connectivity index (χ1v) is 11.5. The highest BCUT2D eigenvalue weighted by Crippen LogP contribution is 2.32. The van der Waals surface area contributed by atoms with E-state index in [1.165, 1.54) is 36.8 Å². The predicted molar refractivity (Wildman–Crippen MR) is 118 cm³/mol. The maximum absolute atomic E-state index is 4.50. The molecule has 1 aromatic carbocycles. The lowest BCUT2D eigenvalue weighted by molar-refractivity contribution is 0.187. The Morgan fingerprint density at radius 3 is 2.32 bits per heavy atom. The molecular weight excluding hydrogens is 364 g/mol. The molecule has 2 fully saturated rings. The highest BCUT2D eigenvalue weighted by atomic mass is 32.1. The number of benzene rings is 1. The summed E-state index contributed by atoms with van der Waals surface area (Å²) in [4.78, 5) is 5.11. The van der Waals surface area contributed by atoms with Gasteiger partial charge in [0.15, 0.2) is 0 Å². The van der Waals surface area contributed by atoms with Gasteiger partial charge in [0.05, 0.1) is 0 Å². The minimum Gasteiger partial charge on any atom is -0.344 e. The molecule has 2 aliphatic carbocycles. The van der Waals surface area contributed by atoms with Crippen molar-refractivity contribution in [2.45, 2.75) is 44.6 Å². The van der Waals surface area contributed by atoms with Gasteiger partial charge in [-0.05, 0) is 36.8 Å². The molecule has 0 bridgehead atoms. The lowest BCUT2D eigenvalue weighted by Crippen LogP contribution is -2.49. The monoisotopic (exact) mass is 392 g/mol. The second kappa shape index (κ2) is 8.18. The van der Waals surface area contributed by atoms with E-state index in [1.807, 2.05) is 0 Å². The minimum absolute atomic E-state index is 0.833. The van der Waals surface area contributed by atoms with Crippen LogP contribution in [0, 0.1) is 0 Å². The molecular formula is C23H28N4S. The van der Waals surface area contributed by atoms with Gasteiger partial charge < -0.3 is 4.90 Å². The van der Waals surface area contributed by atoms with Crippen molar-refractivity contribution in [2.24, 2.45) is 0 Å². The fourth-order valence-corrected chi connectivity index (χ4v) is 5.54. The van der Waals surface area contributed by atoms with Gasteiger partial charge in [-0.3, -0.25) is 4.90 Å². The van der Waals surface area contributed by atoms with Crippen LogP contribution in [0.4, 0.5) is 5.13 Å². The Morgan fingerprint density at radius 2 is 1.61 bits per heavy atom. The zero-order chi connectivity index (χ0) is 18.8. The largest absolute Gasteiger partial charge is 0.344 e. The summed E-state index contributed by atoms with van der Waals surface area (Å²) >= 11 is 1.72. The number of hydrogen-bond acceptors (Lipinski definition) is 5. The van der Waals surface area contributed by atoms with E-state index >= 15 is 0 Å². The third kappa shape index (κ3) is 3.78. The third-order valence-electron chi connectivity index (χ3n) is 6.30. The van der Waals surface area contributed by atoms with Crippen LogP contribution in [0.2, 0.25) is 0 Å². The summed E-state index contributed by atoms with van der Waals surface area (Å²) in [5.41, 5.74) is 3.78. The Balaban J connectivity index is 1.24. The molecule has 146 valence electrons. The molecule has 0 radical (unpaired) electrons. The smallest absolute Gasteiger partial charge is 0.208 e. The summed E-state index contributed by atoms with van der Waals surface area (Å²) in [6, 6.07) is 9.61. The summed E-state index contributed by atoms with van der Waals surface area (Å²) in [5, 5.41) is 11.1. The molecule has 1 aliphatic heterocycles. The first-order chi connectivity index (χ1) is 13.9. The SMILES string of the molecule is C1=CC(c2ccc(-c3nnc(N4CCN(C5CCCC5)CC4)s3)cc2)=CCC1. The van der Waals surface area contributed by atoms with Crippen molar-refractivity contribution in [3.8, 4) is 10.6 Å². The lowest BCUT2D eigenvalue weighted by Gasteiger charge is -2.37. The molecule has 3 aliphatic rings. The van der Waals surface area contributed by atoms with Gasteiger partial charge in [-0.25, -0.2) is 0 Å². The molecule has 1 saturated carbocycles. The first kappa shape index (κ1) is 18.1. The lowest BCUT2D eigenvalue weighted by atomic mass is 9.99. The van der Waals surface area contributed by atoms with Gasteiger partial charge >= 0.3 is 0 Å². The van der Waals surface area contributed by atoms with Gasteiger partial charge in [0, 0.05) is 37.8 Å². The van der Waals surface area contributed by atoms with Crippen LogP contribution >= 0.6 is 11.3 Å². The van der Waals surface area contributed by atoms with Crippen LogP contribution in [0.25, 0.3) is 16.1 Å². The van der Waals surface area contributed by atoms with Crippen molar-refractivity contribution in [3.63, 3.8) is 0 Å². The summed E-state index contributed by atoms with van der Waals surface area (Å²) < 4.78 is 0. The quantitative estimate of drug-likeness (QED) is 0.733. The molecule has 0 amide bonds. The molecule has 5 rings (SSSR count). The molecule has 0 atom stereocenters. The van der Waals surface area contributed by atoms with E-state index in [1.54, 1.807) is 11.3 Å². The van der Waals surface area contributed by atoms with E-state index in [0.29, 0.717) is 0 Å². The van der Waals surface area contributed by atoms with E-state index in [0.717, 1.165) is 60.8 Å². The van der Waals surface area contributed by atoms with Crippen LogP contribution in [0.3, 0.4) is 0 Å². The average molecular weight is 393 g/mol. The standard InChI is InChI=1S/C23H28N4S/c1-2-6-18(7-3-1)19-10-12-20(13-11-19)22-24-25-23(28-22)27-16-14-26(15-17-27)21-8-4-5-9-21/h2,6-7,10-13,21H,1,3-5,8-9,14-17H2. The summed E-state index contributed by atoms with van der Waals surface area (Å²) in [6.45, 7) is 4.48. The Kier molecular flexibility index (Phi) is 5.28. The number of piperazine rings is 1. The van der Waals surface area contributed by atoms with Crippen LogP contribution in [-0.4, -0.2) is 47.3 Å². The number of rotatable bonds is 4. The van der Waals surface area contributed by atoms with E-state index in [9.17, 15) is 0 Å². The summed E-state index contributed by atoms with van der Waals surface area (Å²) in [5.74, 6) is 0. The molecule has 2 heterocycles. The van der Waals surface area contributed by atoms with Crippen LogP contribution in [-0.2, 0) is 0 Å². The topological polar surface area (TPSA) is 32.3 Å². The van der Waals surface area contributed by atoms with Gasteiger partial charge in [-0.2, -0.15) is 0 Å². The Labute approximate surface area is 171 Å². The molecule has 5 heteroatoms. The van der Waals surface area contributed by atoms with Gasteiger partial charge in [0.2, 0.25) is 5.13 Å². The summed E-state index contributed by atoms with van der Waals surface area (Å²) in [7, 11) is 0. The zero-order valence-corrected chi connectivity index (χ0v) is 17.2. The maximum Gasteiger partial charge on any atom is 0.208 e. The van der Waals surface area contributed by atoms with Crippen molar-refractivity contribution in [2.75, 3.05) is 31.1 Å². The Hall–Kier alpha value is -1.98. The molecule has 4 nitrogen and oxygen atoms in total. The molecule has 28 heavy (non-hydrogen) atoms. The average Bonchev–Trinajstić information content (AvgIpc) is 3.47. The zero-order valence-electron chi connectivity index (χ0n) is 16.4. The predicted octanol–water partition coefficient (Wildman–Crippen LogP) is 5.00. The van der Waals surface area contributed by atoms with E-state index in [2.05, 4.69) is 62.5 Å². The second-order valence-electron chi connectivity index (χ2n) is 8.07. The number of allylic oxidation sites excluding steroid dienone is 4. The van der Waals surface area contributed by atoms with E-state index in [4.69, 9.17) is 0 Å². The number of hydrogen-bond donors (Lipinski definition) is 0. The van der Waals surface area contributed by atoms with Crippen molar-refractivity contribution >= 4 is 22.0 Å². The fourth-order valence-electron chi connectivity index (χ4n) is 4.64. The fraction of sp³-hybridized carbons (Fsp3) is 0.478. The van der Waals surface area contributed by atoms with Crippen LogP contribution in [0.15, 0.2) is 42.5 Å². The van der Waals surface area contributed by atoms with Crippen molar-refractivity contribution in [3.05, 3.63) is 48.1 Å². The number of anilines is 1. The highest BCUT2D eigenvalue weighted by Gasteiger charge is 2.27. The van der Waals surface area contributed by atoms with Crippen LogP contribution in [0.5, 0.6) is 0 Å². The molecule has 1 saturated heterocycles. The van der Waals surface area contributed by atoms with Crippen molar-refractivity contribution in [1.82, 2.24) is 15.1 Å². The number of aromatic nitrogens is 2. The summed E-state index contributed by atoms with van der Waals surface area (Å²) in [6.07, 6.45) is 14.7. The van der Waals surface area contributed by atoms with E-state index in [-0.39, 0.29) is 0 Å². The molecule has 0 N–H and O–H groups in total. The third-order valence-corrected chi connectivity index (χ3v) is 7.33. The Bertz CT molecular complexity index is 853. The molecule has 0 unspecified atom stereocenters. The first-order valence-electron chi connectivity index (χ1n) is 10.7. The van der Waals surface area contributed by atoms with Gasteiger partial charge in [-0.15, -0.1) is 10.2 Å². The van der Waals surface area contributed by atoms with Crippen LogP contribution in [0.1, 0.15) is 44.1 Å². The highest BCUT2D eigenvalue weighted by molar-refractivity contribution is 7.18. The minimum atomic E-state index is 0.833. The van der Waals surface area contributed by atoms with Crippen molar-refractivity contribution in [1.29, 1.82) is 0 Å². The van der Waals surface area contributed by atoms with Crippen LogP contribution < -0.4 is 4.90 Å². The van der Waals surface area contributed by atoms with Gasteiger partial charge in [0.25, 0.3) is 0 Å². The van der Waals surface area contributed by atoms with Gasteiger partial charge in [0.1, 0.15) is 5.01 Å². The van der Waals surface area contributed by atoms with Gasteiger partial charge in [-0.1, -0.05) is 66.7 Å². The second-order valence-corrected chi connectivity index (χ2v) is 9.02. The maximum atomic E-state index is 4.50. The molecule has 2 aromatic rings.